The Morgan fingerprint density at radius 3 is 1.89 bits per heavy atom. The fraction of sp³-hybridized carbons (Fsp3) is 0.609. The van der Waals surface area contributed by atoms with Crippen molar-refractivity contribution in [1.29, 1.82) is 0 Å². The molecule has 4 heteroatoms. The number of allylic oxidation sites excluding steroid dienone is 8. The fourth-order valence-corrected chi connectivity index (χ4v) is 3.01. The Kier molecular flexibility index (Phi) is 20.3. The van der Waals surface area contributed by atoms with Crippen molar-refractivity contribution in [3.8, 4) is 0 Å². The second kappa shape index (κ2) is 21.2. The third-order valence-corrected chi connectivity index (χ3v) is 4.93. The maximum atomic E-state index is 11.5. The predicted octanol–water partition coefficient (Wildman–Crippen LogP) is 5.75. The average molecular weight is 395 g/mol. The van der Waals surface area contributed by atoms with E-state index in [-0.39, 0.29) is 17.5 Å². The van der Waals surface area contributed by atoms with Gasteiger partial charge in [-0.2, -0.15) is 0 Å². The zero-order chi connectivity index (χ0) is 20.0. The molecule has 154 valence electrons. The van der Waals surface area contributed by atoms with Crippen molar-refractivity contribution in [2.45, 2.75) is 77.2 Å². The fourth-order valence-electron chi connectivity index (χ4n) is 2.24. The zero-order valence-electron chi connectivity index (χ0n) is 16.9. The second-order valence-corrected chi connectivity index (χ2v) is 7.58. The van der Waals surface area contributed by atoms with E-state index < -0.39 is 6.10 Å². The first-order valence-corrected chi connectivity index (χ1v) is 11.2. The minimum atomic E-state index is -0.799. The van der Waals surface area contributed by atoms with E-state index in [4.69, 9.17) is 5.11 Å². The number of hydrogen-bond acceptors (Lipinski definition) is 4. The number of carbonyl (C=O) groups excluding carboxylic acids is 1. The number of aliphatic hydroxyl groups is 2. The highest BCUT2D eigenvalue weighted by Crippen LogP contribution is 2.10. The summed E-state index contributed by atoms with van der Waals surface area (Å²) in [4.78, 5) is 11.5. The van der Waals surface area contributed by atoms with E-state index in [0.29, 0.717) is 6.42 Å². The van der Waals surface area contributed by atoms with Crippen LogP contribution in [0.4, 0.5) is 0 Å². The molecule has 0 aromatic carbocycles. The summed E-state index contributed by atoms with van der Waals surface area (Å²) >= 11 is 1.10. The molecule has 0 amide bonds. The molecule has 0 saturated carbocycles. The van der Waals surface area contributed by atoms with Crippen molar-refractivity contribution >= 4 is 16.9 Å². The number of rotatable bonds is 17. The van der Waals surface area contributed by atoms with Gasteiger partial charge in [-0.25, -0.2) is 0 Å². The number of aliphatic hydroxyl groups excluding tert-OH is 2. The molecular formula is C23H38O3S. The summed E-state index contributed by atoms with van der Waals surface area (Å²) in [5.41, 5.74) is 0. The van der Waals surface area contributed by atoms with E-state index in [0.717, 1.165) is 43.9 Å². The molecule has 0 unspecified atom stereocenters. The minimum absolute atomic E-state index is 0.0818. The van der Waals surface area contributed by atoms with Gasteiger partial charge in [0.15, 0.2) is 5.12 Å². The summed E-state index contributed by atoms with van der Waals surface area (Å²) in [5.74, 6) is 0.277. The van der Waals surface area contributed by atoms with Crippen LogP contribution in [-0.4, -0.2) is 33.8 Å². The maximum absolute atomic E-state index is 11.5. The van der Waals surface area contributed by atoms with Crippen LogP contribution in [0.1, 0.15) is 71.1 Å². The molecule has 0 aliphatic rings. The van der Waals surface area contributed by atoms with Gasteiger partial charge in [-0.1, -0.05) is 80.1 Å². The topological polar surface area (TPSA) is 57.5 Å². The van der Waals surface area contributed by atoms with Gasteiger partial charge in [-0.05, 0) is 44.9 Å². The highest BCUT2D eigenvalue weighted by Gasteiger charge is 2.07. The summed E-state index contributed by atoms with van der Waals surface area (Å²) in [6, 6.07) is 0. The van der Waals surface area contributed by atoms with Crippen LogP contribution in [0.15, 0.2) is 48.6 Å². The van der Waals surface area contributed by atoms with E-state index in [1.165, 1.54) is 25.7 Å². The molecule has 0 radical (unpaired) electrons. The molecule has 0 saturated heterocycles. The van der Waals surface area contributed by atoms with Crippen molar-refractivity contribution in [3.63, 3.8) is 0 Å². The first-order chi connectivity index (χ1) is 13.2. The number of thioether (sulfide) groups is 1. The van der Waals surface area contributed by atoms with Gasteiger partial charge >= 0.3 is 0 Å². The molecule has 27 heavy (non-hydrogen) atoms. The van der Waals surface area contributed by atoms with E-state index >= 15 is 0 Å². The Labute approximate surface area is 170 Å². The summed E-state index contributed by atoms with van der Waals surface area (Å²) in [5, 5.41) is 17.9. The molecule has 0 aliphatic heterocycles. The molecule has 0 fully saturated rings. The molecule has 2 N–H and O–H groups in total. The number of hydrogen-bond donors (Lipinski definition) is 2. The Balaban J connectivity index is 3.49. The van der Waals surface area contributed by atoms with Gasteiger partial charge in [0.2, 0.25) is 0 Å². The molecular weight excluding hydrogens is 356 g/mol. The Morgan fingerprint density at radius 1 is 0.852 bits per heavy atom. The lowest BCUT2D eigenvalue weighted by molar-refractivity contribution is -0.111. The Morgan fingerprint density at radius 2 is 1.37 bits per heavy atom. The van der Waals surface area contributed by atoms with Gasteiger partial charge in [-0.15, -0.1) is 0 Å². The minimum Gasteiger partial charge on any atom is -0.394 e. The third-order valence-electron chi connectivity index (χ3n) is 3.86. The third kappa shape index (κ3) is 21.1. The number of carbonyl (C=O) groups is 1. The van der Waals surface area contributed by atoms with Crippen molar-refractivity contribution < 1.29 is 15.0 Å². The van der Waals surface area contributed by atoms with Crippen LogP contribution in [-0.2, 0) is 4.79 Å². The lowest BCUT2D eigenvalue weighted by Crippen LogP contribution is -2.15. The predicted molar refractivity (Wildman–Crippen MR) is 119 cm³/mol. The summed E-state index contributed by atoms with van der Waals surface area (Å²) in [6.45, 7) is 1.94. The lowest BCUT2D eigenvalue weighted by atomic mass is 10.2. The Bertz CT molecular complexity index is 453. The van der Waals surface area contributed by atoms with Gasteiger partial charge in [-0.3, -0.25) is 4.79 Å². The van der Waals surface area contributed by atoms with Gasteiger partial charge in [0.25, 0.3) is 0 Å². The van der Waals surface area contributed by atoms with Crippen LogP contribution in [0.2, 0.25) is 0 Å². The van der Waals surface area contributed by atoms with Crippen LogP contribution in [0.3, 0.4) is 0 Å². The smallest absolute Gasteiger partial charge is 0.189 e. The molecule has 3 nitrogen and oxygen atoms in total. The van der Waals surface area contributed by atoms with Gasteiger partial charge < -0.3 is 10.2 Å². The highest BCUT2D eigenvalue weighted by atomic mass is 32.2. The zero-order valence-corrected chi connectivity index (χ0v) is 17.7. The standard InChI is InChI=1S/C23H38O3S/c1-2-3-4-5-6-7-8-9-10-11-12-13-14-15-16-17-18-19-23(26)27-21-22(25)20-24/h6-7,9-10,12-13,15-16,22,24-25H,2-5,8,11,14,17-21H2,1H3/b7-6-,10-9-,13-12-,16-15-/t22-/m0/s1. The highest BCUT2D eigenvalue weighted by molar-refractivity contribution is 8.13. The average Bonchev–Trinajstić information content (AvgIpc) is 2.68. The Hall–Kier alpha value is -1.10. The monoisotopic (exact) mass is 394 g/mol. The van der Waals surface area contributed by atoms with E-state index in [1.54, 1.807) is 0 Å². The first-order valence-electron chi connectivity index (χ1n) is 10.2. The van der Waals surface area contributed by atoms with Crippen molar-refractivity contribution in [1.82, 2.24) is 0 Å². The molecule has 0 heterocycles. The molecule has 1 atom stereocenters. The first kappa shape index (κ1) is 25.9. The van der Waals surface area contributed by atoms with Crippen molar-refractivity contribution in [2.24, 2.45) is 0 Å². The lowest BCUT2D eigenvalue weighted by Gasteiger charge is -2.04. The van der Waals surface area contributed by atoms with Crippen LogP contribution >= 0.6 is 11.8 Å². The van der Waals surface area contributed by atoms with Gasteiger partial charge in [0, 0.05) is 12.2 Å². The van der Waals surface area contributed by atoms with E-state index in [2.05, 4.69) is 55.5 Å². The molecule has 0 spiro atoms. The summed E-state index contributed by atoms with van der Waals surface area (Å²) in [6.07, 6.45) is 27.0. The van der Waals surface area contributed by atoms with Crippen molar-refractivity contribution in [3.05, 3.63) is 48.6 Å². The molecule has 0 bridgehead atoms. The van der Waals surface area contributed by atoms with Crippen LogP contribution in [0.5, 0.6) is 0 Å². The normalized spacial score (nSPS) is 13.6. The maximum Gasteiger partial charge on any atom is 0.189 e. The quantitative estimate of drug-likeness (QED) is 0.244. The van der Waals surface area contributed by atoms with Gasteiger partial charge in [0.05, 0.1) is 12.7 Å². The number of unbranched alkanes of at least 4 members (excludes halogenated alkanes) is 4. The SMILES string of the molecule is CCCCC/C=C\C/C=C\C/C=C\C/C=C\CCCC(=O)SC[C@@H](O)CO. The van der Waals surface area contributed by atoms with Crippen LogP contribution in [0, 0.1) is 0 Å². The van der Waals surface area contributed by atoms with E-state index in [1.807, 2.05) is 0 Å². The second-order valence-electron chi connectivity index (χ2n) is 6.50. The van der Waals surface area contributed by atoms with Crippen molar-refractivity contribution in [2.75, 3.05) is 12.4 Å². The largest absolute Gasteiger partial charge is 0.394 e. The summed E-state index contributed by atoms with van der Waals surface area (Å²) < 4.78 is 0. The van der Waals surface area contributed by atoms with E-state index in [9.17, 15) is 9.90 Å². The summed E-state index contributed by atoms with van der Waals surface area (Å²) in [7, 11) is 0. The molecule has 0 rings (SSSR count). The van der Waals surface area contributed by atoms with Gasteiger partial charge in [0.1, 0.15) is 0 Å². The van der Waals surface area contributed by atoms with Crippen LogP contribution < -0.4 is 0 Å². The molecule has 0 aromatic rings. The molecule has 0 aliphatic carbocycles. The molecule has 0 aromatic heterocycles. The van der Waals surface area contributed by atoms with Crippen LogP contribution in [0.25, 0.3) is 0 Å².